The highest BCUT2D eigenvalue weighted by Crippen LogP contribution is 2.09. The summed E-state index contributed by atoms with van der Waals surface area (Å²) >= 11 is 0. The Bertz CT molecular complexity index is 833. The van der Waals surface area contributed by atoms with E-state index in [4.69, 9.17) is 17.2 Å². The van der Waals surface area contributed by atoms with E-state index in [1.165, 1.54) is 6.33 Å². The van der Waals surface area contributed by atoms with Crippen LogP contribution in [0.3, 0.4) is 0 Å². The minimum Gasteiger partial charge on any atom is -0.480 e. The van der Waals surface area contributed by atoms with Crippen LogP contribution in [0.1, 0.15) is 64.5 Å². The van der Waals surface area contributed by atoms with Gasteiger partial charge in [-0.1, -0.05) is 13.8 Å². The van der Waals surface area contributed by atoms with Crippen LogP contribution in [0.2, 0.25) is 0 Å². The van der Waals surface area contributed by atoms with Crippen LogP contribution in [0, 0.1) is 5.92 Å². The van der Waals surface area contributed by atoms with E-state index < -0.39 is 47.9 Å². The van der Waals surface area contributed by atoms with Gasteiger partial charge >= 0.3 is 5.97 Å². The third-order valence-corrected chi connectivity index (χ3v) is 5.81. The van der Waals surface area contributed by atoms with Gasteiger partial charge in [0.1, 0.15) is 18.1 Å². The van der Waals surface area contributed by atoms with Crippen LogP contribution in [0.25, 0.3) is 0 Å². The van der Waals surface area contributed by atoms with Gasteiger partial charge in [-0.05, 0) is 64.0 Å². The zero-order valence-electron chi connectivity index (χ0n) is 21.9. The summed E-state index contributed by atoms with van der Waals surface area (Å²) in [4.78, 5) is 57.4. The first-order chi connectivity index (χ1) is 17.6. The van der Waals surface area contributed by atoms with Gasteiger partial charge in [0.2, 0.25) is 17.7 Å². The molecular formula is C24H44N8O5. The van der Waals surface area contributed by atoms with Gasteiger partial charge < -0.3 is 43.2 Å². The van der Waals surface area contributed by atoms with Crippen LogP contribution in [0.4, 0.5) is 0 Å². The number of nitrogens with one attached hydrogen (secondary N) is 4. The summed E-state index contributed by atoms with van der Waals surface area (Å²) in [6.45, 7) is 4.65. The number of aliphatic carboxylic acids is 1. The summed E-state index contributed by atoms with van der Waals surface area (Å²) in [6, 6.07) is -3.92. The molecule has 0 aliphatic rings. The molecule has 3 amide bonds. The molecule has 0 radical (unpaired) electrons. The van der Waals surface area contributed by atoms with Crippen LogP contribution in [-0.2, 0) is 25.6 Å². The first-order valence-electron chi connectivity index (χ1n) is 12.9. The Morgan fingerprint density at radius 1 is 0.892 bits per heavy atom. The molecule has 37 heavy (non-hydrogen) atoms. The number of nitrogens with two attached hydrogens (primary N) is 3. The Balaban J connectivity index is 2.92. The number of nitrogens with zero attached hydrogens (tertiary/aromatic N) is 1. The van der Waals surface area contributed by atoms with Gasteiger partial charge in [0, 0.05) is 18.3 Å². The number of rotatable bonds is 19. The number of H-pyrrole nitrogens is 1. The van der Waals surface area contributed by atoms with Crippen molar-refractivity contribution >= 4 is 23.7 Å². The molecule has 0 fully saturated rings. The lowest BCUT2D eigenvalue weighted by atomic mass is 10.0. The summed E-state index contributed by atoms with van der Waals surface area (Å²) in [5.74, 6) is -2.75. The summed E-state index contributed by atoms with van der Waals surface area (Å²) in [5, 5.41) is 17.4. The number of carboxylic acid groups (broad SMARTS) is 1. The molecule has 1 aromatic rings. The minimum absolute atomic E-state index is 0.0586. The Morgan fingerprint density at radius 2 is 1.43 bits per heavy atom. The molecule has 11 N–H and O–H groups in total. The fourth-order valence-electron chi connectivity index (χ4n) is 3.76. The van der Waals surface area contributed by atoms with E-state index >= 15 is 0 Å². The number of imidazole rings is 1. The Morgan fingerprint density at radius 3 is 1.95 bits per heavy atom. The second-order valence-corrected chi connectivity index (χ2v) is 9.61. The fourth-order valence-corrected chi connectivity index (χ4v) is 3.76. The maximum Gasteiger partial charge on any atom is 0.326 e. The number of hydrogen-bond acceptors (Lipinski definition) is 8. The molecule has 13 heteroatoms. The molecule has 0 spiro atoms. The van der Waals surface area contributed by atoms with Crippen molar-refractivity contribution in [2.45, 2.75) is 89.4 Å². The highest BCUT2D eigenvalue weighted by Gasteiger charge is 2.30. The van der Waals surface area contributed by atoms with Crippen molar-refractivity contribution in [3.8, 4) is 0 Å². The van der Waals surface area contributed by atoms with E-state index in [0.29, 0.717) is 50.9 Å². The molecule has 210 valence electrons. The lowest BCUT2D eigenvalue weighted by Gasteiger charge is -2.26. The van der Waals surface area contributed by atoms with Gasteiger partial charge in [0.25, 0.3) is 0 Å². The van der Waals surface area contributed by atoms with Crippen LogP contribution in [-0.4, -0.2) is 76.0 Å². The van der Waals surface area contributed by atoms with E-state index in [1.54, 1.807) is 6.20 Å². The number of carbonyl (C=O) groups is 4. The maximum atomic E-state index is 13.2. The fraction of sp³-hybridized carbons (Fsp3) is 0.708. The van der Waals surface area contributed by atoms with E-state index in [9.17, 15) is 24.3 Å². The average molecular weight is 525 g/mol. The van der Waals surface area contributed by atoms with Crippen molar-refractivity contribution in [1.29, 1.82) is 0 Å². The summed E-state index contributed by atoms with van der Waals surface area (Å²) in [6.07, 6.45) is 6.44. The molecule has 0 saturated carbocycles. The second kappa shape index (κ2) is 17.4. The molecule has 1 aromatic heterocycles. The summed E-state index contributed by atoms with van der Waals surface area (Å²) < 4.78 is 0. The normalized spacial score (nSPS) is 14.4. The van der Waals surface area contributed by atoms with Crippen molar-refractivity contribution in [1.82, 2.24) is 25.9 Å². The van der Waals surface area contributed by atoms with Crippen molar-refractivity contribution in [3.05, 3.63) is 18.2 Å². The lowest BCUT2D eigenvalue weighted by molar-refractivity contribution is -0.142. The van der Waals surface area contributed by atoms with Crippen molar-refractivity contribution in [2.75, 3.05) is 13.1 Å². The maximum absolute atomic E-state index is 13.2. The topological polar surface area (TPSA) is 231 Å². The quantitative estimate of drug-likeness (QED) is 0.105. The summed E-state index contributed by atoms with van der Waals surface area (Å²) in [7, 11) is 0. The van der Waals surface area contributed by atoms with Crippen molar-refractivity contribution < 1.29 is 24.3 Å². The van der Waals surface area contributed by atoms with E-state index in [-0.39, 0.29) is 25.2 Å². The average Bonchev–Trinajstić information content (AvgIpc) is 3.34. The van der Waals surface area contributed by atoms with E-state index in [2.05, 4.69) is 25.9 Å². The van der Waals surface area contributed by atoms with Crippen molar-refractivity contribution in [2.24, 2.45) is 23.1 Å². The van der Waals surface area contributed by atoms with Gasteiger partial charge in [-0.15, -0.1) is 0 Å². The molecular weight excluding hydrogens is 480 g/mol. The first kappa shape index (κ1) is 32.0. The predicted octanol–water partition coefficient (Wildman–Crippen LogP) is -0.877. The largest absolute Gasteiger partial charge is 0.480 e. The van der Waals surface area contributed by atoms with Crippen LogP contribution >= 0.6 is 0 Å². The standard InChI is InChI=1S/C24H44N8O5/c1-15(2)11-20(32-21(33)17(27)12-16-13-28-14-29-16)23(35)30-18(7-3-5-9-25)22(34)31-19(24(36)37)8-4-6-10-26/h13-15,17-20H,3-12,25-27H2,1-2H3,(H,28,29)(H,30,35)(H,31,34)(H,32,33)(H,36,37). The Hall–Kier alpha value is -3.03. The zero-order valence-corrected chi connectivity index (χ0v) is 21.9. The Labute approximate surface area is 218 Å². The second-order valence-electron chi connectivity index (χ2n) is 9.61. The van der Waals surface area contributed by atoms with Gasteiger partial charge in [-0.2, -0.15) is 0 Å². The molecule has 0 aromatic carbocycles. The number of carboxylic acids is 1. The number of carbonyl (C=O) groups excluding carboxylic acids is 3. The molecule has 0 aliphatic heterocycles. The van der Waals surface area contributed by atoms with Crippen LogP contribution < -0.4 is 33.2 Å². The third kappa shape index (κ3) is 12.7. The van der Waals surface area contributed by atoms with Crippen molar-refractivity contribution in [3.63, 3.8) is 0 Å². The number of aromatic nitrogens is 2. The molecule has 0 saturated heterocycles. The van der Waals surface area contributed by atoms with Gasteiger partial charge in [-0.25, -0.2) is 9.78 Å². The van der Waals surface area contributed by atoms with E-state index in [0.717, 1.165) is 0 Å². The van der Waals surface area contributed by atoms with Crippen LogP contribution in [0.15, 0.2) is 12.5 Å². The molecule has 1 heterocycles. The molecule has 0 aliphatic carbocycles. The number of amides is 3. The highest BCUT2D eigenvalue weighted by molar-refractivity contribution is 5.94. The van der Waals surface area contributed by atoms with E-state index in [1.807, 2.05) is 13.8 Å². The number of unbranched alkanes of at least 4 members (excludes halogenated alkanes) is 2. The minimum atomic E-state index is -1.16. The van der Waals surface area contributed by atoms with Gasteiger partial charge in [0.05, 0.1) is 12.4 Å². The molecule has 1 rings (SSSR count). The zero-order chi connectivity index (χ0) is 27.8. The summed E-state index contributed by atoms with van der Waals surface area (Å²) in [5.41, 5.74) is 17.8. The molecule has 4 unspecified atom stereocenters. The molecule has 4 atom stereocenters. The SMILES string of the molecule is CC(C)CC(NC(=O)C(N)Cc1cnc[nH]1)C(=O)NC(CCCCN)C(=O)NC(CCCCN)C(=O)O. The first-order valence-corrected chi connectivity index (χ1v) is 12.9. The number of aromatic amines is 1. The van der Waals surface area contributed by atoms with Crippen LogP contribution in [0.5, 0.6) is 0 Å². The highest BCUT2D eigenvalue weighted by atomic mass is 16.4. The Kier molecular flexibility index (Phi) is 15.1. The lowest BCUT2D eigenvalue weighted by Crippen LogP contribution is -2.57. The monoisotopic (exact) mass is 524 g/mol. The van der Waals surface area contributed by atoms with Gasteiger partial charge in [-0.3, -0.25) is 14.4 Å². The third-order valence-electron chi connectivity index (χ3n) is 5.81. The smallest absolute Gasteiger partial charge is 0.326 e. The molecule has 13 nitrogen and oxygen atoms in total. The predicted molar refractivity (Wildman–Crippen MR) is 139 cm³/mol. The van der Waals surface area contributed by atoms with Gasteiger partial charge in [0.15, 0.2) is 0 Å². The number of hydrogen-bond donors (Lipinski definition) is 8. The molecule has 0 bridgehead atoms.